The van der Waals surface area contributed by atoms with Gasteiger partial charge in [-0.15, -0.1) is 11.3 Å². The third kappa shape index (κ3) is 5.59. The molecule has 0 saturated carbocycles. The van der Waals surface area contributed by atoms with Gasteiger partial charge in [0.2, 0.25) is 0 Å². The van der Waals surface area contributed by atoms with Gasteiger partial charge in [0.25, 0.3) is 17.5 Å². The van der Waals surface area contributed by atoms with Crippen LogP contribution in [0, 0.1) is 10.1 Å². The highest BCUT2D eigenvalue weighted by Crippen LogP contribution is 2.31. The van der Waals surface area contributed by atoms with Gasteiger partial charge in [-0.05, 0) is 67.1 Å². The number of piperazine rings is 1. The fourth-order valence-electron chi connectivity index (χ4n) is 4.90. The van der Waals surface area contributed by atoms with Crippen molar-refractivity contribution in [2.75, 3.05) is 54.4 Å². The molecule has 2 aliphatic rings. The molecule has 5 rings (SSSR count). The monoisotopic (exact) mass is 519 g/mol. The largest absolute Gasteiger partial charge is 0.368 e. The lowest BCUT2D eigenvalue weighted by Crippen LogP contribution is -2.48. The minimum absolute atomic E-state index is 0.0402. The van der Waals surface area contributed by atoms with Crippen LogP contribution in [0.4, 0.5) is 22.7 Å². The Morgan fingerprint density at radius 1 is 0.865 bits per heavy atom. The van der Waals surface area contributed by atoms with Gasteiger partial charge in [0.05, 0.1) is 9.80 Å². The third-order valence-electron chi connectivity index (χ3n) is 6.92. The van der Waals surface area contributed by atoms with E-state index in [-0.39, 0.29) is 23.1 Å². The number of piperidine rings is 1. The summed E-state index contributed by atoms with van der Waals surface area (Å²) >= 11 is 1.46. The zero-order valence-corrected chi connectivity index (χ0v) is 21.3. The lowest BCUT2D eigenvalue weighted by atomic mass is 10.1. The molecule has 37 heavy (non-hydrogen) atoms. The minimum Gasteiger partial charge on any atom is -0.368 e. The van der Waals surface area contributed by atoms with Gasteiger partial charge in [-0.2, -0.15) is 0 Å². The van der Waals surface area contributed by atoms with Crippen LogP contribution in [0.5, 0.6) is 0 Å². The van der Waals surface area contributed by atoms with Crippen LogP contribution in [0.1, 0.15) is 39.3 Å². The molecule has 0 bridgehead atoms. The molecule has 192 valence electrons. The Labute approximate surface area is 219 Å². The minimum atomic E-state index is -0.413. The smallest absolute Gasteiger partial charge is 0.293 e. The number of nitro groups is 1. The van der Waals surface area contributed by atoms with Crippen molar-refractivity contribution in [2.24, 2.45) is 0 Å². The zero-order chi connectivity index (χ0) is 25.8. The predicted molar refractivity (Wildman–Crippen MR) is 146 cm³/mol. The lowest BCUT2D eigenvalue weighted by molar-refractivity contribution is -0.384. The summed E-state index contributed by atoms with van der Waals surface area (Å²) in [4.78, 5) is 43.6. The molecular formula is C27H29N5O4S. The van der Waals surface area contributed by atoms with Gasteiger partial charge in [-0.1, -0.05) is 6.07 Å². The van der Waals surface area contributed by atoms with E-state index in [4.69, 9.17) is 0 Å². The zero-order valence-electron chi connectivity index (χ0n) is 20.5. The number of nitrogens with zero attached hydrogens (tertiary/aromatic N) is 4. The molecule has 2 amide bonds. The average Bonchev–Trinajstić information content (AvgIpc) is 3.48. The van der Waals surface area contributed by atoms with Gasteiger partial charge in [0.1, 0.15) is 5.69 Å². The Morgan fingerprint density at radius 2 is 1.59 bits per heavy atom. The standard InChI is InChI=1S/C27H29N5O4S/c33-26(20-6-11-23(24(19-20)32(35)36)30-12-2-1-3-13-30)28-21-7-9-22(10-8-21)29-14-16-31(17-15-29)27(34)25-5-4-18-37-25/h4-11,18-19H,1-3,12-17H2,(H,28,33). The molecule has 3 aromatic rings. The number of thiophene rings is 1. The number of amides is 2. The molecular weight excluding hydrogens is 490 g/mol. The SMILES string of the molecule is O=C(Nc1ccc(N2CCN(C(=O)c3cccs3)CC2)cc1)c1ccc(N2CCCCC2)c([N+](=O)[O-])c1. The van der Waals surface area contributed by atoms with E-state index in [1.54, 1.807) is 12.1 Å². The first-order valence-electron chi connectivity index (χ1n) is 12.5. The highest BCUT2D eigenvalue weighted by Gasteiger charge is 2.24. The normalized spacial score (nSPS) is 15.9. The van der Waals surface area contributed by atoms with Gasteiger partial charge >= 0.3 is 0 Å². The van der Waals surface area contributed by atoms with Crippen molar-refractivity contribution in [2.45, 2.75) is 19.3 Å². The number of rotatable bonds is 6. The Balaban J connectivity index is 1.20. The molecule has 0 aliphatic carbocycles. The summed E-state index contributed by atoms with van der Waals surface area (Å²) in [7, 11) is 0. The fraction of sp³-hybridized carbons (Fsp3) is 0.333. The molecule has 2 aliphatic heterocycles. The van der Waals surface area contributed by atoms with E-state index in [2.05, 4.69) is 10.2 Å². The number of hydrogen-bond acceptors (Lipinski definition) is 7. The van der Waals surface area contributed by atoms with E-state index in [1.165, 1.54) is 17.4 Å². The first-order valence-corrected chi connectivity index (χ1v) is 13.4. The summed E-state index contributed by atoms with van der Waals surface area (Å²) in [5.41, 5.74) is 2.42. The second kappa shape index (κ2) is 11.0. The van der Waals surface area contributed by atoms with Crippen molar-refractivity contribution >= 4 is 45.9 Å². The molecule has 9 nitrogen and oxygen atoms in total. The first-order chi connectivity index (χ1) is 18.0. The molecule has 10 heteroatoms. The van der Waals surface area contributed by atoms with E-state index in [0.717, 1.165) is 56.0 Å². The number of nitro benzene ring substituents is 1. The third-order valence-corrected chi connectivity index (χ3v) is 7.78. The summed E-state index contributed by atoms with van der Waals surface area (Å²) < 4.78 is 0. The van der Waals surface area contributed by atoms with Gasteiger partial charge in [-0.3, -0.25) is 19.7 Å². The molecule has 0 atom stereocenters. The molecule has 0 spiro atoms. The highest BCUT2D eigenvalue weighted by atomic mass is 32.1. The van der Waals surface area contributed by atoms with Crippen LogP contribution in [0.15, 0.2) is 60.0 Å². The number of benzene rings is 2. The number of carbonyl (C=O) groups excluding carboxylic acids is 2. The Morgan fingerprint density at radius 3 is 2.24 bits per heavy atom. The van der Waals surface area contributed by atoms with Gasteiger partial charge in [-0.25, -0.2) is 0 Å². The molecule has 2 saturated heterocycles. The average molecular weight is 520 g/mol. The molecule has 0 radical (unpaired) electrons. The van der Waals surface area contributed by atoms with Crippen LogP contribution < -0.4 is 15.1 Å². The molecule has 0 unspecified atom stereocenters. The highest BCUT2D eigenvalue weighted by molar-refractivity contribution is 7.12. The van der Waals surface area contributed by atoms with Gasteiger partial charge in [0.15, 0.2) is 0 Å². The Hall–Kier alpha value is -3.92. The maximum atomic E-state index is 12.9. The maximum absolute atomic E-state index is 12.9. The maximum Gasteiger partial charge on any atom is 0.293 e. The number of nitrogens with one attached hydrogen (secondary N) is 1. The summed E-state index contributed by atoms with van der Waals surface area (Å²) in [6.07, 6.45) is 3.16. The van der Waals surface area contributed by atoms with Crippen LogP contribution in [-0.4, -0.2) is 60.9 Å². The van der Waals surface area contributed by atoms with Crippen molar-refractivity contribution in [1.29, 1.82) is 0 Å². The Bertz CT molecular complexity index is 1260. The van der Waals surface area contributed by atoms with E-state index in [1.807, 2.05) is 51.6 Å². The van der Waals surface area contributed by atoms with Crippen molar-refractivity contribution in [3.63, 3.8) is 0 Å². The lowest BCUT2D eigenvalue weighted by Gasteiger charge is -2.36. The first kappa shape index (κ1) is 24.8. The molecule has 3 heterocycles. The number of anilines is 3. The quantitative estimate of drug-likeness (QED) is 0.369. The second-order valence-electron chi connectivity index (χ2n) is 9.27. The molecule has 1 aromatic heterocycles. The van der Waals surface area contributed by atoms with Crippen molar-refractivity contribution in [3.8, 4) is 0 Å². The van der Waals surface area contributed by atoms with Crippen LogP contribution >= 0.6 is 11.3 Å². The van der Waals surface area contributed by atoms with E-state index in [0.29, 0.717) is 24.5 Å². The topological polar surface area (TPSA) is 99.0 Å². The summed E-state index contributed by atoms with van der Waals surface area (Å²) in [5, 5.41) is 16.5. The van der Waals surface area contributed by atoms with Crippen molar-refractivity contribution in [3.05, 3.63) is 80.5 Å². The number of carbonyl (C=O) groups is 2. The van der Waals surface area contributed by atoms with E-state index in [9.17, 15) is 19.7 Å². The van der Waals surface area contributed by atoms with Crippen molar-refractivity contribution in [1.82, 2.24) is 4.90 Å². The summed E-state index contributed by atoms with van der Waals surface area (Å²) in [5.74, 6) is -0.307. The van der Waals surface area contributed by atoms with Crippen molar-refractivity contribution < 1.29 is 14.5 Å². The predicted octanol–water partition coefficient (Wildman–Crippen LogP) is 4.86. The van der Waals surface area contributed by atoms with Crippen LogP contribution in [0.2, 0.25) is 0 Å². The summed E-state index contributed by atoms with van der Waals surface area (Å²) in [6, 6.07) is 16.0. The van der Waals surface area contributed by atoms with E-state index >= 15 is 0 Å². The van der Waals surface area contributed by atoms with E-state index < -0.39 is 4.92 Å². The molecule has 1 N–H and O–H groups in total. The molecule has 2 aromatic carbocycles. The van der Waals surface area contributed by atoms with Gasteiger partial charge in [0, 0.05) is 62.3 Å². The Kier molecular flexibility index (Phi) is 7.36. The molecule has 2 fully saturated rings. The van der Waals surface area contributed by atoms with Crippen LogP contribution in [0.25, 0.3) is 0 Å². The fourth-order valence-corrected chi connectivity index (χ4v) is 5.59. The second-order valence-corrected chi connectivity index (χ2v) is 10.2. The van der Waals surface area contributed by atoms with Crippen LogP contribution in [-0.2, 0) is 0 Å². The van der Waals surface area contributed by atoms with Crippen LogP contribution in [0.3, 0.4) is 0 Å². The van der Waals surface area contributed by atoms with Gasteiger partial charge < -0.3 is 20.0 Å². The summed E-state index contributed by atoms with van der Waals surface area (Å²) in [6.45, 7) is 4.35. The number of hydrogen-bond donors (Lipinski definition) is 1.